The van der Waals surface area contributed by atoms with Gasteiger partial charge in [-0.2, -0.15) is 0 Å². The van der Waals surface area contributed by atoms with E-state index < -0.39 is 0 Å². The molecule has 1 aliphatic rings. The number of nitrogens with one attached hydrogen (secondary N) is 2. The molecule has 1 aromatic rings. The highest BCUT2D eigenvalue weighted by Gasteiger charge is 2.39. The lowest BCUT2D eigenvalue weighted by molar-refractivity contribution is 0.0268. The molecule has 2 N–H and O–H groups in total. The molecule has 124 valence electrons. The monoisotopic (exact) mass is 481 g/mol. The largest absolute Gasteiger partial charge is 0.377 e. The number of benzene rings is 1. The van der Waals surface area contributed by atoms with Crippen LogP contribution >= 0.6 is 39.9 Å². The molecule has 2 unspecified atom stereocenters. The van der Waals surface area contributed by atoms with Crippen molar-refractivity contribution in [2.24, 2.45) is 4.99 Å². The Labute approximate surface area is 158 Å². The minimum absolute atomic E-state index is 0. The van der Waals surface area contributed by atoms with Crippen LogP contribution in [-0.4, -0.2) is 38.3 Å². The van der Waals surface area contributed by atoms with Crippen molar-refractivity contribution < 1.29 is 4.74 Å². The van der Waals surface area contributed by atoms with E-state index >= 15 is 0 Å². The number of hydrogen-bond acceptors (Lipinski definition) is 2. The first kappa shape index (κ1) is 19.7. The Hall–Kier alpha value is -0.340. The van der Waals surface area contributed by atoms with Gasteiger partial charge in [0.25, 0.3) is 0 Å². The van der Waals surface area contributed by atoms with Crippen LogP contribution < -0.4 is 10.6 Å². The third kappa shape index (κ3) is 5.70. The molecule has 2 rings (SSSR count). The summed E-state index contributed by atoms with van der Waals surface area (Å²) in [4.78, 5) is 4.28. The molecule has 2 atom stereocenters. The van der Waals surface area contributed by atoms with Gasteiger partial charge in [-0.3, -0.25) is 4.99 Å². The maximum absolute atomic E-state index is 5.41. The highest BCUT2D eigenvalue weighted by molar-refractivity contribution is 14.0. The van der Waals surface area contributed by atoms with Crippen molar-refractivity contribution in [2.75, 3.05) is 20.7 Å². The summed E-state index contributed by atoms with van der Waals surface area (Å²) in [5, 5.41) is 6.79. The van der Waals surface area contributed by atoms with Gasteiger partial charge < -0.3 is 15.4 Å². The predicted molar refractivity (Wildman–Crippen MR) is 106 cm³/mol. The maximum Gasteiger partial charge on any atom is 0.191 e. The summed E-state index contributed by atoms with van der Waals surface area (Å²) in [5.41, 5.74) is 1.18. The lowest BCUT2D eigenvalue weighted by Crippen LogP contribution is -2.46. The van der Waals surface area contributed by atoms with Gasteiger partial charge in [-0.1, -0.05) is 28.1 Å². The van der Waals surface area contributed by atoms with E-state index in [1.165, 1.54) is 5.56 Å². The smallest absolute Gasteiger partial charge is 0.191 e. The fourth-order valence-corrected chi connectivity index (χ4v) is 2.44. The fourth-order valence-electron chi connectivity index (χ4n) is 2.17. The summed E-state index contributed by atoms with van der Waals surface area (Å²) in [7, 11) is 3.52. The first-order valence-electron chi connectivity index (χ1n) is 7.23. The van der Waals surface area contributed by atoms with Crippen LogP contribution in [0.25, 0.3) is 0 Å². The Morgan fingerprint density at radius 3 is 2.55 bits per heavy atom. The number of aliphatic imine (C=N–C) groups is 1. The predicted octanol–water partition coefficient (Wildman–Crippen LogP) is 3.51. The average molecular weight is 482 g/mol. The van der Waals surface area contributed by atoms with E-state index in [9.17, 15) is 0 Å². The van der Waals surface area contributed by atoms with Crippen LogP contribution in [0.5, 0.6) is 0 Å². The summed E-state index contributed by atoms with van der Waals surface area (Å²) in [6, 6.07) is 9.02. The Kier molecular flexibility index (Phi) is 7.61. The van der Waals surface area contributed by atoms with Crippen molar-refractivity contribution in [3.63, 3.8) is 0 Å². The van der Waals surface area contributed by atoms with Gasteiger partial charge in [0, 0.05) is 37.1 Å². The van der Waals surface area contributed by atoms with E-state index in [2.05, 4.69) is 69.7 Å². The van der Waals surface area contributed by atoms with Gasteiger partial charge in [0.1, 0.15) is 0 Å². The molecule has 6 heteroatoms. The van der Waals surface area contributed by atoms with Gasteiger partial charge >= 0.3 is 0 Å². The van der Waals surface area contributed by atoms with Crippen LogP contribution in [0, 0.1) is 0 Å². The van der Waals surface area contributed by atoms with E-state index in [1.54, 1.807) is 14.2 Å². The molecule has 4 nitrogen and oxygen atoms in total. The summed E-state index contributed by atoms with van der Waals surface area (Å²) in [5.74, 6) is 1.41. The van der Waals surface area contributed by atoms with Gasteiger partial charge in [-0.25, -0.2) is 0 Å². The zero-order chi connectivity index (χ0) is 15.5. The number of methoxy groups -OCH3 is 1. The summed E-state index contributed by atoms with van der Waals surface area (Å²) in [6.07, 6.45) is 1.15. The molecule has 0 bridgehead atoms. The lowest BCUT2D eigenvalue weighted by atomic mass is 10.1. The lowest BCUT2D eigenvalue weighted by Gasteiger charge is -2.24. The number of nitrogens with zero attached hydrogens (tertiary/aromatic N) is 1. The Balaban J connectivity index is 0.00000242. The van der Waals surface area contributed by atoms with Crippen LogP contribution in [0.3, 0.4) is 0 Å². The molecule has 1 saturated carbocycles. The minimum atomic E-state index is -0.202. The van der Waals surface area contributed by atoms with Crippen LogP contribution in [0.15, 0.2) is 33.7 Å². The second-order valence-corrected chi connectivity index (χ2v) is 6.95. The van der Waals surface area contributed by atoms with Gasteiger partial charge in [-0.05, 0) is 38.0 Å². The normalized spacial score (nSPS) is 21.0. The van der Waals surface area contributed by atoms with Gasteiger partial charge in [0.05, 0.1) is 5.60 Å². The third-order valence-corrected chi connectivity index (χ3v) is 4.40. The highest BCUT2D eigenvalue weighted by Crippen LogP contribution is 2.40. The van der Waals surface area contributed by atoms with E-state index in [-0.39, 0.29) is 29.6 Å². The van der Waals surface area contributed by atoms with Crippen LogP contribution in [0.2, 0.25) is 0 Å². The van der Waals surface area contributed by atoms with E-state index in [1.807, 2.05) is 0 Å². The van der Waals surface area contributed by atoms with Gasteiger partial charge in [0.2, 0.25) is 0 Å². The first-order valence-corrected chi connectivity index (χ1v) is 8.02. The molecule has 0 radical (unpaired) electrons. The molecule has 0 spiro atoms. The van der Waals surface area contributed by atoms with Crippen molar-refractivity contribution in [2.45, 2.75) is 37.8 Å². The number of halogens is 2. The first-order chi connectivity index (χ1) is 9.95. The summed E-state index contributed by atoms with van der Waals surface area (Å²) >= 11 is 3.47. The van der Waals surface area contributed by atoms with E-state index in [4.69, 9.17) is 4.74 Å². The third-order valence-electron chi connectivity index (χ3n) is 3.87. The molecule has 1 aromatic carbocycles. The maximum atomic E-state index is 5.41. The van der Waals surface area contributed by atoms with Crippen molar-refractivity contribution in [1.82, 2.24) is 10.6 Å². The van der Waals surface area contributed by atoms with E-state index in [0.717, 1.165) is 23.4 Å². The van der Waals surface area contributed by atoms with Gasteiger partial charge in [0.15, 0.2) is 5.96 Å². The Morgan fingerprint density at radius 2 is 2.00 bits per heavy atom. The highest BCUT2D eigenvalue weighted by atomic mass is 127. The standard InChI is InChI=1S/C16H24BrN3O.HI/c1-16(2,21-4)10-19-15(18-3)20-14-9-13(14)11-5-7-12(17)8-6-11;/h5-8,13-14H,9-10H2,1-4H3,(H2,18,19,20);1H. The zero-order valence-electron chi connectivity index (χ0n) is 13.5. The average Bonchev–Trinajstić information content (AvgIpc) is 3.23. The summed E-state index contributed by atoms with van der Waals surface area (Å²) in [6.45, 7) is 4.82. The van der Waals surface area contributed by atoms with Gasteiger partial charge in [-0.15, -0.1) is 24.0 Å². The minimum Gasteiger partial charge on any atom is -0.377 e. The van der Waals surface area contributed by atoms with Crippen LogP contribution in [-0.2, 0) is 4.74 Å². The number of hydrogen-bond donors (Lipinski definition) is 2. The summed E-state index contributed by atoms with van der Waals surface area (Å²) < 4.78 is 6.53. The molecule has 0 aliphatic heterocycles. The number of rotatable bonds is 5. The molecule has 0 heterocycles. The fraction of sp³-hybridized carbons (Fsp3) is 0.562. The zero-order valence-corrected chi connectivity index (χ0v) is 17.4. The van der Waals surface area contributed by atoms with Crippen LogP contribution in [0.1, 0.15) is 31.7 Å². The van der Waals surface area contributed by atoms with Crippen molar-refractivity contribution in [1.29, 1.82) is 0 Å². The molecule has 1 aliphatic carbocycles. The molecule has 22 heavy (non-hydrogen) atoms. The van der Waals surface area contributed by atoms with Crippen molar-refractivity contribution >= 4 is 45.9 Å². The number of guanidine groups is 1. The van der Waals surface area contributed by atoms with Crippen molar-refractivity contribution in [3.8, 4) is 0 Å². The molecular formula is C16H25BrIN3O. The molecule has 0 saturated heterocycles. The second kappa shape index (κ2) is 8.49. The quantitative estimate of drug-likeness (QED) is 0.384. The second-order valence-electron chi connectivity index (χ2n) is 6.03. The Morgan fingerprint density at radius 1 is 1.36 bits per heavy atom. The topological polar surface area (TPSA) is 45.7 Å². The van der Waals surface area contributed by atoms with Crippen molar-refractivity contribution in [3.05, 3.63) is 34.3 Å². The van der Waals surface area contributed by atoms with Crippen LogP contribution in [0.4, 0.5) is 0 Å². The SMILES string of the molecule is CN=C(NCC(C)(C)OC)NC1CC1c1ccc(Br)cc1.I. The number of ether oxygens (including phenoxy) is 1. The molecule has 1 fully saturated rings. The van der Waals surface area contributed by atoms with E-state index in [0.29, 0.717) is 12.0 Å². The molecular weight excluding hydrogens is 457 g/mol. The molecule has 0 aromatic heterocycles. The Bertz CT molecular complexity index is 505. The molecule has 0 amide bonds.